The van der Waals surface area contributed by atoms with Gasteiger partial charge in [-0.15, -0.1) is 0 Å². The summed E-state index contributed by atoms with van der Waals surface area (Å²) in [5.74, 6) is 0.911. The number of nitrogens with one attached hydrogen (secondary N) is 1. The number of nitrogen functional groups attached to an aromatic ring is 1. The van der Waals surface area contributed by atoms with Gasteiger partial charge in [0.05, 0.1) is 11.3 Å². The zero-order chi connectivity index (χ0) is 14.0. The summed E-state index contributed by atoms with van der Waals surface area (Å²) < 4.78 is 1.78. The SMILES string of the molecule is CCN(c1ccccc1)c1c(C(=N)N)c(C)nn1C. The minimum atomic E-state index is 0.0509. The molecule has 0 amide bonds. The second kappa shape index (κ2) is 5.14. The van der Waals surface area contributed by atoms with Crippen molar-refractivity contribution < 1.29 is 0 Å². The smallest absolute Gasteiger partial charge is 0.142 e. The monoisotopic (exact) mass is 257 g/mol. The van der Waals surface area contributed by atoms with E-state index in [1.165, 1.54) is 0 Å². The van der Waals surface area contributed by atoms with E-state index in [1.807, 2.05) is 44.3 Å². The van der Waals surface area contributed by atoms with Crippen molar-refractivity contribution >= 4 is 17.3 Å². The molecule has 0 saturated carbocycles. The second-order valence-electron chi connectivity index (χ2n) is 4.40. The predicted octanol–water partition coefficient (Wildman–Crippen LogP) is 2.17. The highest BCUT2D eigenvalue weighted by Gasteiger charge is 2.21. The number of hydrogen-bond donors (Lipinski definition) is 2. The van der Waals surface area contributed by atoms with Gasteiger partial charge in [0, 0.05) is 19.3 Å². The number of nitrogens with two attached hydrogens (primary N) is 1. The van der Waals surface area contributed by atoms with Crippen LogP contribution in [0.3, 0.4) is 0 Å². The first-order chi connectivity index (χ1) is 9.06. The van der Waals surface area contributed by atoms with Crippen molar-refractivity contribution in [1.82, 2.24) is 9.78 Å². The summed E-state index contributed by atoms with van der Waals surface area (Å²) in [7, 11) is 1.88. The molecule has 5 nitrogen and oxygen atoms in total. The average Bonchev–Trinajstić information content (AvgIpc) is 2.67. The van der Waals surface area contributed by atoms with Gasteiger partial charge in [0.25, 0.3) is 0 Å². The van der Waals surface area contributed by atoms with E-state index in [1.54, 1.807) is 4.68 Å². The number of aryl methyl sites for hydroxylation is 2. The molecule has 0 atom stereocenters. The van der Waals surface area contributed by atoms with Gasteiger partial charge in [-0.2, -0.15) is 5.10 Å². The van der Waals surface area contributed by atoms with Crippen LogP contribution < -0.4 is 10.6 Å². The zero-order valence-corrected chi connectivity index (χ0v) is 11.5. The molecule has 3 N–H and O–H groups in total. The van der Waals surface area contributed by atoms with Gasteiger partial charge in [-0.1, -0.05) is 18.2 Å². The van der Waals surface area contributed by atoms with Crippen molar-refractivity contribution in [2.75, 3.05) is 11.4 Å². The molecule has 0 spiro atoms. The minimum absolute atomic E-state index is 0.0509. The summed E-state index contributed by atoms with van der Waals surface area (Å²) in [6.07, 6.45) is 0. The van der Waals surface area contributed by atoms with Crippen molar-refractivity contribution in [2.45, 2.75) is 13.8 Å². The van der Waals surface area contributed by atoms with Crippen LogP contribution in [0.5, 0.6) is 0 Å². The molecule has 2 rings (SSSR count). The summed E-state index contributed by atoms with van der Waals surface area (Å²) >= 11 is 0. The number of anilines is 2. The maximum absolute atomic E-state index is 7.76. The normalized spacial score (nSPS) is 10.5. The molecular formula is C14H19N5. The highest BCUT2D eigenvalue weighted by atomic mass is 15.4. The van der Waals surface area contributed by atoms with Crippen molar-refractivity contribution in [3.8, 4) is 0 Å². The number of amidine groups is 1. The molecule has 2 aromatic rings. The fourth-order valence-corrected chi connectivity index (χ4v) is 2.33. The lowest BCUT2D eigenvalue weighted by molar-refractivity contribution is 0.742. The molecule has 0 aliphatic carbocycles. The summed E-state index contributed by atoms with van der Waals surface area (Å²) in [6, 6.07) is 10.0. The largest absolute Gasteiger partial charge is 0.384 e. The number of hydrogen-bond acceptors (Lipinski definition) is 3. The van der Waals surface area contributed by atoms with Gasteiger partial charge in [0.1, 0.15) is 11.7 Å². The van der Waals surface area contributed by atoms with Crippen molar-refractivity contribution in [3.63, 3.8) is 0 Å². The van der Waals surface area contributed by atoms with Crippen LogP contribution in [0.2, 0.25) is 0 Å². The van der Waals surface area contributed by atoms with E-state index in [0.717, 1.165) is 23.7 Å². The lowest BCUT2D eigenvalue weighted by Gasteiger charge is -2.24. The molecule has 0 aliphatic heterocycles. The molecule has 1 aromatic carbocycles. The number of nitrogens with zero attached hydrogens (tertiary/aromatic N) is 3. The van der Waals surface area contributed by atoms with Crippen LogP contribution in [-0.2, 0) is 7.05 Å². The average molecular weight is 257 g/mol. The molecule has 1 aromatic heterocycles. The lowest BCUT2D eigenvalue weighted by atomic mass is 10.2. The molecule has 0 aliphatic rings. The standard InChI is InChI=1S/C14H19N5/c1-4-19(11-8-6-5-7-9-11)14-12(13(15)16)10(2)17-18(14)3/h5-9H,4H2,1-3H3,(H3,15,16). The molecule has 0 saturated heterocycles. The van der Waals surface area contributed by atoms with Crippen LogP contribution in [0.4, 0.5) is 11.5 Å². The van der Waals surface area contributed by atoms with E-state index < -0.39 is 0 Å². The van der Waals surface area contributed by atoms with Crippen LogP contribution in [-0.4, -0.2) is 22.2 Å². The Morgan fingerprint density at radius 2 is 2.00 bits per heavy atom. The molecule has 0 fully saturated rings. The van der Waals surface area contributed by atoms with E-state index in [4.69, 9.17) is 11.1 Å². The van der Waals surface area contributed by atoms with Gasteiger partial charge in [-0.25, -0.2) is 0 Å². The van der Waals surface area contributed by atoms with Gasteiger partial charge in [-0.3, -0.25) is 10.1 Å². The van der Waals surface area contributed by atoms with Crippen molar-refractivity contribution in [1.29, 1.82) is 5.41 Å². The third-order valence-electron chi connectivity index (χ3n) is 3.10. The van der Waals surface area contributed by atoms with E-state index in [9.17, 15) is 0 Å². The molecule has 5 heteroatoms. The lowest BCUT2D eigenvalue weighted by Crippen LogP contribution is -2.23. The molecule has 1 heterocycles. The van der Waals surface area contributed by atoms with Gasteiger partial charge in [0.15, 0.2) is 0 Å². The fourth-order valence-electron chi connectivity index (χ4n) is 2.33. The third-order valence-corrected chi connectivity index (χ3v) is 3.10. The van der Waals surface area contributed by atoms with E-state index in [2.05, 4.69) is 16.9 Å². The number of rotatable bonds is 4. The van der Waals surface area contributed by atoms with Crippen molar-refractivity contribution in [3.05, 3.63) is 41.6 Å². The summed E-state index contributed by atoms with van der Waals surface area (Å²) in [4.78, 5) is 2.11. The highest BCUT2D eigenvalue weighted by molar-refractivity contribution is 6.01. The summed E-state index contributed by atoms with van der Waals surface area (Å²) in [5, 5.41) is 12.1. The van der Waals surface area contributed by atoms with Crippen LogP contribution in [0, 0.1) is 12.3 Å². The van der Waals surface area contributed by atoms with Gasteiger partial charge in [0.2, 0.25) is 0 Å². The third kappa shape index (κ3) is 2.31. The van der Waals surface area contributed by atoms with E-state index in [0.29, 0.717) is 5.56 Å². The maximum atomic E-state index is 7.76. The Labute approximate surface area is 113 Å². The molecule has 100 valence electrons. The highest BCUT2D eigenvalue weighted by Crippen LogP contribution is 2.29. The molecular weight excluding hydrogens is 238 g/mol. The van der Waals surface area contributed by atoms with Gasteiger partial charge >= 0.3 is 0 Å². The summed E-state index contributed by atoms with van der Waals surface area (Å²) in [6.45, 7) is 4.72. The van der Waals surface area contributed by atoms with Crippen LogP contribution in [0.15, 0.2) is 30.3 Å². The van der Waals surface area contributed by atoms with Crippen LogP contribution in [0.1, 0.15) is 18.2 Å². The van der Waals surface area contributed by atoms with Crippen LogP contribution in [0.25, 0.3) is 0 Å². The Morgan fingerprint density at radius 1 is 1.37 bits per heavy atom. The van der Waals surface area contributed by atoms with Gasteiger partial charge < -0.3 is 10.6 Å². The molecule has 19 heavy (non-hydrogen) atoms. The number of aromatic nitrogens is 2. The quantitative estimate of drug-likeness (QED) is 0.651. The predicted molar refractivity (Wildman–Crippen MR) is 78.1 cm³/mol. The molecule has 0 unspecified atom stereocenters. The molecule has 0 bridgehead atoms. The minimum Gasteiger partial charge on any atom is -0.384 e. The van der Waals surface area contributed by atoms with Crippen molar-refractivity contribution in [2.24, 2.45) is 12.8 Å². The summed E-state index contributed by atoms with van der Waals surface area (Å²) in [5.41, 5.74) is 8.25. The van der Waals surface area contributed by atoms with E-state index >= 15 is 0 Å². The fraction of sp³-hybridized carbons (Fsp3) is 0.286. The number of para-hydroxylation sites is 1. The number of benzene rings is 1. The Morgan fingerprint density at radius 3 is 2.53 bits per heavy atom. The first-order valence-corrected chi connectivity index (χ1v) is 6.26. The topological polar surface area (TPSA) is 70.9 Å². The first-order valence-electron chi connectivity index (χ1n) is 6.26. The Balaban J connectivity index is 2.59. The Bertz CT molecular complexity index is 585. The van der Waals surface area contributed by atoms with Gasteiger partial charge in [-0.05, 0) is 26.0 Å². The van der Waals surface area contributed by atoms with E-state index in [-0.39, 0.29) is 5.84 Å². The zero-order valence-electron chi connectivity index (χ0n) is 11.5. The maximum Gasteiger partial charge on any atom is 0.142 e. The second-order valence-corrected chi connectivity index (χ2v) is 4.40. The van der Waals surface area contributed by atoms with Crippen LogP contribution >= 0.6 is 0 Å². The Hall–Kier alpha value is -2.30. The first kappa shape index (κ1) is 13.1. The Kier molecular flexibility index (Phi) is 3.55. The molecule has 0 radical (unpaired) electrons.